The maximum absolute atomic E-state index is 13.0. The molecular formula is C14H11BrFNO4. The molecule has 0 aromatic heterocycles. The molecule has 0 fully saturated rings. The highest BCUT2D eigenvalue weighted by molar-refractivity contribution is 9.10. The highest BCUT2D eigenvalue weighted by Crippen LogP contribution is 2.28. The minimum atomic E-state index is -0.500. The third kappa shape index (κ3) is 3.91. The van der Waals surface area contributed by atoms with E-state index in [1.807, 2.05) is 0 Å². The number of nitrogens with zero attached hydrogens (tertiary/aromatic N) is 1. The van der Waals surface area contributed by atoms with E-state index in [9.17, 15) is 14.5 Å². The molecule has 0 aliphatic carbocycles. The van der Waals surface area contributed by atoms with Gasteiger partial charge in [-0.3, -0.25) is 10.1 Å². The molecule has 0 radical (unpaired) electrons. The fourth-order valence-corrected chi connectivity index (χ4v) is 2.17. The lowest BCUT2D eigenvalue weighted by Crippen LogP contribution is -1.99. The van der Waals surface area contributed by atoms with Crippen LogP contribution in [0.25, 0.3) is 0 Å². The summed E-state index contributed by atoms with van der Waals surface area (Å²) in [5.74, 6) is 0.439. The molecule has 0 spiro atoms. The normalized spacial score (nSPS) is 10.2. The number of rotatable bonds is 5. The number of non-ortho nitro benzene ring substituents is 1. The third-order valence-corrected chi connectivity index (χ3v) is 3.31. The molecule has 0 unspecified atom stereocenters. The molecule has 0 saturated carbocycles. The van der Waals surface area contributed by atoms with Crippen LogP contribution in [0.4, 0.5) is 10.1 Å². The van der Waals surface area contributed by atoms with E-state index in [1.165, 1.54) is 37.4 Å². The van der Waals surface area contributed by atoms with Crippen LogP contribution in [0.1, 0.15) is 5.56 Å². The van der Waals surface area contributed by atoms with Crippen molar-refractivity contribution in [3.8, 4) is 11.5 Å². The zero-order valence-corrected chi connectivity index (χ0v) is 12.6. The summed E-state index contributed by atoms with van der Waals surface area (Å²) >= 11 is 3.19. The molecular weight excluding hydrogens is 345 g/mol. The van der Waals surface area contributed by atoms with Crippen LogP contribution in [-0.4, -0.2) is 12.0 Å². The molecule has 0 N–H and O–H groups in total. The predicted octanol–water partition coefficient (Wildman–Crippen LogP) is 4.08. The van der Waals surface area contributed by atoms with Gasteiger partial charge in [-0.15, -0.1) is 0 Å². The van der Waals surface area contributed by atoms with E-state index in [0.29, 0.717) is 21.5 Å². The van der Waals surface area contributed by atoms with Gasteiger partial charge in [-0.05, 0) is 45.8 Å². The first-order chi connectivity index (χ1) is 9.99. The predicted molar refractivity (Wildman–Crippen MR) is 78.1 cm³/mol. The minimum absolute atomic E-state index is 0.0777. The van der Waals surface area contributed by atoms with Crippen LogP contribution < -0.4 is 9.47 Å². The van der Waals surface area contributed by atoms with Crippen LogP contribution in [0.15, 0.2) is 40.9 Å². The van der Waals surface area contributed by atoms with E-state index in [1.54, 1.807) is 6.07 Å². The van der Waals surface area contributed by atoms with E-state index in [2.05, 4.69) is 15.9 Å². The summed E-state index contributed by atoms with van der Waals surface area (Å²) in [4.78, 5) is 10.3. The molecule has 0 bridgehead atoms. The van der Waals surface area contributed by atoms with Gasteiger partial charge in [-0.2, -0.15) is 0 Å². The van der Waals surface area contributed by atoms with Crippen molar-refractivity contribution in [3.63, 3.8) is 0 Å². The lowest BCUT2D eigenvalue weighted by molar-refractivity contribution is -0.385. The summed E-state index contributed by atoms with van der Waals surface area (Å²) < 4.78 is 24.0. The smallest absolute Gasteiger partial charge is 0.273 e. The molecule has 5 nitrogen and oxygen atoms in total. The van der Waals surface area contributed by atoms with Gasteiger partial charge >= 0.3 is 0 Å². The minimum Gasteiger partial charge on any atom is -0.496 e. The van der Waals surface area contributed by atoms with Crippen molar-refractivity contribution in [3.05, 3.63) is 62.4 Å². The van der Waals surface area contributed by atoms with Crippen molar-refractivity contribution < 1.29 is 18.8 Å². The fourth-order valence-electron chi connectivity index (χ4n) is 1.70. The Bertz CT molecular complexity index is 678. The highest BCUT2D eigenvalue weighted by Gasteiger charge is 2.11. The Hall–Kier alpha value is -2.15. The first-order valence-electron chi connectivity index (χ1n) is 5.90. The molecule has 0 aliphatic heterocycles. The van der Waals surface area contributed by atoms with Crippen molar-refractivity contribution in [2.45, 2.75) is 6.61 Å². The summed E-state index contributed by atoms with van der Waals surface area (Å²) in [6.45, 7) is 0.0995. The highest BCUT2D eigenvalue weighted by atomic mass is 79.9. The molecule has 0 aliphatic rings. The van der Waals surface area contributed by atoms with Gasteiger partial charge in [0.2, 0.25) is 0 Å². The molecule has 0 heterocycles. The van der Waals surface area contributed by atoms with Crippen molar-refractivity contribution in [2.24, 2.45) is 0 Å². The summed E-state index contributed by atoms with van der Waals surface area (Å²) in [7, 11) is 1.43. The third-order valence-electron chi connectivity index (χ3n) is 2.69. The van der Waals surface area contributed by atoms with E-state index in [4.69, 9.17) is 9.47 Å². The van der Waals surface area contributed by atoms with Gasteiger partial charge in [-0.25, -0.2) is 4.39 Å². The van der Waals surface area contributed by atoms with E-state index in [0.717, 1.165) is 0 Å². The van der Waals surface area contributed by atoms with Crippen LogP contribution in [0.2, 0.25) is 0 Å². The van der Waals surface area contributed by atoms with Crippen molar-refractivity contribution in [2.75, 3.05) is 7.11 Å². The van der Waals surface area contributed by atoms with E-state index >= 15 is 0 Å². The largest absolute Gasteiger partial charge is 0.496 e. The lowest BCUT2D eigenvalue weighted by atomic mass is 10.2. The first kappa shape index (κ1) is 15.2. The van der Waals surface area contributed by atoms with Crippen LogP contribution in [0, 0.1) is 15.9 Å². The Morgan fingerprint density at radius 1 is 1.29 bits per heavy atom. The summed E-state index contributed by atoms with van der Waals surface area (Å²) in [5, 5.41) is 10.8. The Morgan fingerprint density at radius 2 is 2.05 bits per heavy atom. The number of hydrogen-bond acceptors (Lipinski definition) is 4. The van der Waals surface area contributed by atoms with Gasteiger partial charge in [0.05, 0.1) is 22.6 Å². The van der Waals surface area contributed by atoms with Gasteiger partial charge in [0.25, 0.3) is 5.69 Å². The maximum Gasteiger partial charge on any atom is 0.273 e. The summed E-state index contributed by atoms with van der Waals surface area (Å²) in [6.07, 6.45) is 0. The van der Waals surface area contributed by atoms with Gasteiger partial charge in [-0.1, -0.05) is 0 Å². The Labute approximate surface area is 128 Å². The van der Waals surface area contributed by atoms with Crippen molar-refractivity contribution >= 4 is 21.6 Å². The summed E-state index contributed by atoms with van der Waals surface area (Å²) in [5.41, 5.74) is 0.503. The monoisotopic (exact) mass is 355 g/mol. The summed E-state index contributed by atoms with van der Waals surface area (Å²) in [6, 6.07) is 8.41. The second-order valence-corrected chi connectivity index (χ2v) is 5.01. The van der Waals surface area contributed by atoms with Gasteiger partial charge in [0, 0.05) is 6.07 Å². The Balaban J connectivity index is 2.19. The molecule has 0 saturated heterocycles. The second kappa shape index (κ2) is 6.53. The zero-order valence-electron chi connectivity index (χ0n) is 11.0. The molecule has 2 aromatic rings. The van der Waals surface area contributed by atoms with Crippen molar-refractivity contribution in [1.29, 1.82) is 0 Å². The average molecular weight is 356 g/mol. The number of methoxy groups -OCH3 is 1. The molecule has 7 heteroatoms. The molecule has 110 valence electrons. The standard InChI is InChI=1S/C14H11BrFNO4/c1-20-12-5-9(4-11(7-12)17(18)19)8-21-14-3-2-10(16)6-13(14)15/h2-7H,8H2,1H3. The number of ether oxygens (including phenoxy) is 2. The number of benzene rings is 2. The fraction of sp³-hybridized carbons (Fsp3) is 0.143. The van der Waals surface area contributed by atoms with E-state index in [-0.39, 0.29) is 18.1 Å². The number of nitro groups is 1. The first-order valence-corrected chi connectivity index (χ1v) is 6.69. The zero-order chi connectivity index (χ0) is 15.4. The van der Waals surface area contributed by atoms with Crippen LogP contribution in [0.3, 0.4) is 0 Å². The Kier molecular flexibility index (Phi) is 4.74. The quantitative estimate of drug-likeness (QED) is 0.598. The number of nitro benzene ring substituents is 1. The van der Waals surface area contributed by atoms with Gasteiger partial charge in [0.1, 0.15) is 23.9 Å². The van der Waals surface area contributed by atoms with Crippen molar-refractivity contribution in [1.82, 2.24) is 0 Å². The molecule has 0 amide bonds. The van der Waals surface area contributed by atoms with Gasteiger partial charge < -0.3 is 9.47 Å². The molecule has 21 heavy (non-hydrogen) atoms. The topological polar surface area (TPSA) is 61.6 Å². The average Bonchev–Trinajstić information content (AvgIpc) is 2.46. The Morgan fingerprint density at radius 3 is 2.67 bits per heavy atom. The number of hydrogen-bond donors (Lipinski definition) is 0. The molecule has 2 rings (SSSR count). The number of halogens is 2. The SMILES string of the molecule is COc1cc(COc2ccc(F)cc2Br)cc([N+](=O)[O-])c1. The van der Waals surface area contributed by atoms with Crippen LogP contribution >= 0.6 is 15.9 Å². The van der Waals surface area contributed by atoms with E-state index < -0.39 is 4.92 Å². The molecule has 2 aromatic carbocycles. The lowest BCUT2D eigenvalue weighted by Gasteiger charge is -2.09. The van der Waals surface area contributed by atoms with Crippen LogP contribution in [0.5, 0.6) is 11.5 Å². The second-order valence-electron chi connectivity index (χ2n) is 4.16. The van der Waals surface area contributed by atoms with Gasteiger partial charge in [0.15, 0.2) is 0 Å². The maximum atomic E-state index is 13.0. The molecule has 0 atom stereocenters. The van der Waals surface area contributed by atoms with Crippen LogP contribution in [-0.2, 0) is 6.61 Å².